The molecule has 0 radical (unpaired) electrons. The average molecular weight is 454 g/mol. The molecule has 5 heteroatoms. The summed E-state index contributed by atoms with van der Waals surface area (Å²) in [6, 6.07) is 13.2. The van der Waals surface area contributed by atoms with E-state index in [1.54, 1.807) is 18.2 Å². The first-order valence-corrected chi connectivity index (χ1v) is 8.62. The van der Waals surface area contributed by atoms with E-state index in [4.69, 9.17) is 16.3 Å². The van der Waals surface area contributed by atoms with Crippen molar-refractivity contribution in [1.29, 1.82) is 5.26 Å². The van der Waals surface area contributed by atoms with Crippen LogP contribution >= 0.6 is 43.5 Å². The Balaban J connectivity index is 2.39. The molecule has 0 saturated heterocycles. The molecule has 2 nitrogen and oxygen atoms in total. The van der Waals surface area contributed by atoms with E-state index in [1.165, 1.54) is 0 Å². The maximum atomic E-state index is 9.41. The average Bonchev–Trinajstić information content (AvgIpc) is 2.53. The second-order valence-corrected chi connectivity index (χ2v) is 6.74. The Morgan fingerprint density at radius 1 is 1.22 bits per heavy atom. The van der Waals surface area contributed by atoms with Crippen molar-refractivity contribution in [3.8, 4) is 11.8 Å². The van der Waals surface area contributed by atoms with Gasteiger partial charge in [0.05, 0.1) is 20.6 Å². The van der Waals surface area contributed by atoms with E-state index < -0.39 is 0 Å². The predicted molar refractivity (Wildman–Crippen MR) is 102 cm³/mol. The third-order valence-corrected chi connectivity index (χ3v) is 4.38. The highest BCUT2D eigenvalue weighted by Crippen LogP contribution is 2.36. The third-order valence-electron chi connectivity index (χ3n) is 2.95. The number of nitriles is 1. The standard InChI is InChI=1S/C18H12Br2ClNO/c1-2-7-23-18-16(19)9-12(10-17(18)20)8-14(11-22)13-3-5-15(21)6-4-13/h2-6,8-10H,1,7H2. The molecular formula is C18H12Br2ClNO. The lowest BCUT2D eigenvalue weighted by Gasteiger charge is -2.10. The fourth-order valence-electron chi connectivity index (χ4n) is 1.92. The molecule has 0 fully saturated rings. The summed E-state index contributed by atoms with van der Waals surface area (Å²) in [6.07, 6.45) is 3.50. The highest BCUT2D eigenvalue weighted by Gasteiger charge is 2.09. The van der Waals surface area contributed by atoms with Gasteiger partial charge in [0, 0.05) is 5.02 Å². The molecule has 0 unspecified atom stereocenters. The normalized spacial score (nSPS) is 11.0. The maximum Gasteiger partial charge on any atom is 0.148 e. The Kier molecular flexibility index (Phi) is 6.47. The Morgan fingerprint density at radius 3 is 2.35 bits per heavy atom. The second kappa shape index (κ2) is 8.35. The summed E-state index contributed by atoms with van der Waals surface area (Å²) in [6.45, 7) is 4.05. The van der Waals surface area contributed by atoms with Crippen LogP contribution in [0.4, 0.5) is 0 Å². The number of hydrogen-bond acceptors (Lipinski definition) is 2. The number of allylic oxidation sites excluding steroid dienone is 1. The van der Waals surface area contributed by atoms with Crippen molar-refractivity contribution in [1.82, 2.24) is 0 Å². The Hall–Kier alpha value is -1.54. The predicted octanol–water partition coefficient (Wildman–Crippen LogP) is 6.49. The summed E-state index contributed by atoms with van der Waals surface area (Å²) in [4.78, 5) is 0. The van der Waals surface area contributed by atoms with Crippen LogP contribution in [0.15, 0.2) is 58.0 Å². The molecule has 0 aliphatic rings. The number of nitrogens with zero attached hydrogens (tertiary/aromatic N) is 1. The zero-order valence-corrected chi connectivity index (χ0v) is 16.0. The minimum Gasteiger partial charge on any atom is -0.487 e. The molecule has 2 aromatic rings. The molecule has 0 heterocycles. The third kappa shape index (κ3) is 4.71. The summed E-state index contributed by atoms with van der Waals surface area (Å²) in [5.41, 5.74) is 2.25. The van der Waals surface area contributed by atoms with E-state index in [0.717, 1.165) is 20.1 Å². The molecule has 23 heavy (non-hydrogen) atoms. The SMILES string of the molecule is C=CCOc1c(Br)cc(C=C(C#N)c2ccc(Cl)cc2)cc1Br. The topological polar surface area (TPSA) is 33.0 Å². The van der Waals surface area contributed by atoms with Crippen molar-refractivity contribution < 1.29 is 4.74 Å². The van der Waals surface area contributed by atoms with Gasteiger partial charge in [0.2, 0.25) is 0 Å². The lowest BCUT2D eigenvalue weighted by molar-refractivity contribution is 0.358. The van der Waals surface area contributed by atoms with Crippen LogP contribution in [-0.4, -0.2) is 6.61 Å². The van der Waals surface area contributed by atoms with Crippen molar-refractivity contribution in [2.45, 2.75) is 0 Å². The van der Waals surface area contributed by atoms with Gasteiger partial charge in [-0.3, -0.25) is 0 Å². The van der Waals surface area contributed by atoms with Crippen LogP contribution in [0.3, 0.4) is 0 Å². The summed E-state index contributed by atoms with van der Waals surface area (Å²) >= 11 is 12.9. The summed E-state index contributed by atoms with van der Waals surface area (Å²) in [7, 11) is 0. The molecule has 0 aliphatic carbocycles. The fourth-order valence-corrected chi connectivity index (χ4v) is 3.50. The van der Waals surface area contributed by atoms with Crippen molar-refractivity contribution in [2.24, 2.45) is 0 Å². The highest BCUT2D eigenvalue weighted by atomic mass is 79.9. The molecule has 0 aromatic heterocycles. The highest BCUT2D eigenvalue weighted by molar-refractivity contribution is 9.11. The van der Waals surface area contributed by atoms with Gasteiger partial charge < -0.3 is 4.74 Å². The van der Waals surface area contributed by atoms with Crippen LogP contribution in [0.2, 0.25) is 5.02 Å². The van der Waals surface area contributed by atoms with Crippen molar-refractivity contribution in [2.75, 3.05) is 6.61 Å². The summed E-state index contributed by atoms with van der Waals surface area (Å²) in [5, 5.41) is 10.0. The Morgan fingerprint density at radius 2 is 1.83 bits per heavy atom. The largest absolute Gasteiger partial charge is 0.487 e. The fraction of sp³-hybridized carbons (Fsp3) is 0.0556. The first-order valence-electron chi connectivity index (χ1n) is 6.65. The van der Waals surface area contributed by atoms with Gasteiger partial charge in [-0.25, -0.2) is 0 Å². The van der Waals surface area contributed by atoms with Crippen LogP contribution < -0.4 is 4.74 Å². The van der Waals surface area contributed by atoms with Crippen LogP contribution in [0, 0.1) is 11.3 Å². The molecular weight excluding hydrogens is 441 g/mol. The van der Waals surface area contributed by atoms with E-state index in [1.807, 2.05) is 30.3 Å². The van der Waals surface area contributed by atoms with Crippen molar-refractivity contribution >= 4 is 55.1 Å². The molecule has 0 saturated carbocycles. The molecule has 0 spiro atoms. The van der Waals surface area contributed by atoms with Crippen LogP contribution in [0.25, 0.3) is 11.6 Å². The molecule has 2 rings (SSSR count). The number of rotatable bonds is 5. The first-order chi connectivity index (χ1) is 11.0. The van der Waals surface area contributed by atoms with Gasteiger partial charge in [-0.2, -0.15) is 5.26 Å². The molecule has 116 valence electrons. The van der Waals surface area contributed by atoms with Gasteiger partial charge in [-0.15, -0.1) is 0 Å². The monoisotopic (exact) mass is 451 g/mol. The minimum absolute atomic E-state index is 0.417. The van der Waals surface area contributed by atoms with Crippen LogP contribution in [0.1, 0.15) is 11.1 Å². The smallest absolute Gasteiger partial charge is 0.148 e. The molecule has 0 aliphatic heterocycles. The summed E-state index contributed by atoms with van der Waals surface area (Å²) in [5.74, 6) is 0.701. The molecule has 0 N–H and O–H groups in total. The van der Waals surface area contributed by atoms with Gasteiger partial charge in [-0.05, 0) is 73.3 Å². The van der Waals surface area contributed by atoms with E-state index in [9.17, 15) is 5.26 Å². The number of halogens is 3. The zero-order chi connectivity index (χ0) is 16.8. The van der Waals surface area contributed by atoms with Gasteiger partial charge in [0.1, 0.15) is 12.4 Å². The lowest BCUT2D eigenvalue weighted by Crippen LogP contribution is -1.95. The summed E-state index contributed by atoms with van der Waals surface area (Å²) < 4.78 is 7.19. The van der Waals surface area contributed by atoms with Gasteiger partial charge in [-0.1, -0.05) is 36.4 Å². The lowest BCUT2D eigenvalue weighted by atomic mass is 10.0. The minimum atomic E-state index is 0.417. The first kappa shape index (κ1) is 17.8. The quantitative estimate of drug-likeness (QED) is 0.294. The van der Waals surface area contributed by atoms with Crippen LogP contribution in [-0.2, 0) is 0 Å². The molecule has 0 atom stereocenters. The van der Waals surface area contributed by atoms with Gasteiger partial charge in [0.15, 0.2) is 0 Å². The van der Waals surface area contributed by atoms with Gasteiger partial charge >= 0.3 is 0 Å². The van der Waals surface area contributed by atoms with Crippen molar-refractivity contribution in [3.63, 3.8) is 0 Å². The number of benzene rings is 2. The number of ether oxygens (including phenoxy) is 1. The molecule has 0 amide bonds. The Labute approximate surface area is 157 Å². The zero-order valence-electron chi connectivity index (χ0n) is 12.0. The maximum absolute atomic E-state index is 9.41. The van der Waals surface area contributed by atoms with Crippen LogP contribution in [0.5, 0.6) is 5.75 Å². The van der Waals surface area contributed by atoms with E-state index >= 15 is 0 Å². The molecule has 0 bridgehead atoms. The van der Waals surface area contributed by atoms with E-state index in [0.29, 0.717) is 23.0 Å². The second-order valence-electron chi connectivity index (χ2n) is 4.59. The van der Waals surface area contributed by atoms with E-state index in [2.05, 4.69) is 44.5 Å². The Bertz CT molecular complexity index is 769. The van der Waals surface area contributed by atoms with Crippen molar-refractivity contribution in [3.05, 3.63) is 74.1 Å². The van der Waals surface area contributed by atoms with E-state index in [-0.39, 0.29) is 0 Å². The van der Waals surface area contributed by atoms with Gasteiger partial charge in [0.25, 0.3) is 0 Å². The molecule has 2 aromatic carbocycles. The number of hydrogen-bond donors (Lipinski definition) is 0.